The molecule has 0 aliphatic carbocycles. The summed E-state index contributed by atoms with van der Waals surface area (Å²) in [6.07, 6.45) is 0.864. The fourth-order valence-electron chi connectivity index (χ4n) is 3.65. The summed E-state index contributed by atoms with van der Waals surface area (Å²) in [5.41, 5.74) is 1.28. The lowest BCUT2D eigenvalue weighted by atomic mass is 10.0. The number of ether oxygens (including phenoxy) is 2. The third-order valence-corrected chi connectivity index (χ3v) is 5.87. The van der Waals surface area contributed by atoms with Crippen molar-refractivity contribution in [3.8, 4) is 17.2 Å². The molecule has 0 aromatic heterocycles. The van der Waals surface area contributed by atoms with E-state index in [4.69, 9.17) is 9.47 Å². The quantitative estimate of drug-likeness (QED) is 0.336. The molecule has 2 N–H and O–H groups in total. The van der Waals surface area contributed by atoms with E-state index >= 15 is 0 Å². The standard InChI is InChI=1S/C29H32FN3O4/c1-20(31-4)33(29(2,3)19-34)18-22-8-15-27(36-5)26(16-22)28(35)32-17-21-6-11-24(12-7-21)37-25-13-9-23(30)10-14-25/h6-16,19,31H,1,17-18H2,2-5H3,(H,32,35). The lowest BCUT2D eigenvalue weighted by Gasteiger charge is -2.37. The van der Waals surface area contributed by atoms with Crippen LogP contribution < -0.4 is 20.1 Å². The molecule has 3 rings (SSSR count). The number of methoxy groups -OCH3 is 1. The Morgan fingerprint density at radius 3 is 2.19 bits per heavy atom. The molecule has 0 saturated heterocycles. The Bertz CT molecular complexity index is 1240. The van der Waals surface area contributed by atoms with Crippen LogP contribution in [0.4, 0.5) is 4.39 Å². The molecule has 0 aliphatic rings. The van der Waals surface area contributed by atoms with Crippen molar-refractivity contribution in [2.24, 2.45) is 0 Å². The molecular weight excluding hydrogens is 473 g/mol. The number of carbonyl (C=O) groups excluding carboxylic acids is 2. The van der Waals surface area contributed by atoms with Crippen LogP contribution in [0.1, 0.15) is 35.3 Å². The molecule has 0 saturated carbocycles. The number of benzene rings is 3. The van der Waals surface area contributed by atoms with Crippen LogP contribution in [0.5, 0.6) is 17.2 Å². The van der Waals surface area contributed by atoms with Crippen LogP contribution in [0.2, 0.25) is 0 Å². The normalized spacial score (nSPS) is 10.8. The Labute approximate surface area is 216 Å². The van der Waals surface area contributed by atoms with Gasteiger partial charge in [0.05, 0.1) is 24.0 Å². The zero-order chi connectivity index (χ0) is 27.0. The maximum atomic E-state index is 13.1. The van der Waals surface area contributed by atoms with Gasteiger partial charge in [0.15, 0.2) is 0 Å². The molecule has 0 fully saturated rings. The summed E-state index contributed by atoms with van der Waals surface area (Å²) < 4.78 is 24.2. The van der Waals surface area contributed by atoms with Crippen LogP contribution in [0, 0.1) is 5.82 Å². The highest BCUT2D eigenvalue weighted by Gasteiger charge is 2.27. The predicted molar refractivity (Wildman–Crippen MR) is 141 cm³/mol. The van der Waals surface area contributed by atoms with Gasteiger partial charge in [-0.3, -0.25) is 4.79 Å². The largest absolute Gasteiger partial charge is 0.496 e. The van der Waals surface area contributed by atoms with Crippen molar-refractivity contribution >= 4 is 12.2 Å². The van der Waals surface area contributed by atoms with Crippen LogP contribution in [0.15, 0.2) is 79.1 Å². The first kappa shape index (κ1) is 27.3. The molecule has 0 bridgehead atoms. The van der Waals surface area contributed by atoms with Gasteiger partial charge >= 0.3 is 0 Å². The van der Waals surface area contributed by atoms with Crippen LogP contribution in [0.3, 0.4) is 0 Å². The van der Waals surface area contributed by atoms with Gasteiger partial charge in [-0.1, -0.05) is 24.8 Å². The van der Waals surface area contributed by atoms with E-state index < -0.39 is 5.54 Å². The summed E-state index contributed by atoms with van der Waals surface area (Å²) in [4.78, 5) is 26.6. The molecule has 8 heteroatoms. The van der Waals surface area contributed by atoms with Gasteiger partial charge in [-0.25, -0.2) is 4.39 Å². The SMILES string of the molecule is C=C(NC)N(Cc1ccc(OC)c(C(=O)NCc2ccc(Oc3ccc(F)cc3)cc2)c1)C(C)(C)C=O. The predicted octanol–water partition coefficient (Wildman–Crippen LogP) is 5.03. The summed E-state index contributed by atoms with van der Waals surface area (Å²) >= 11 is 0. The molecule has 0 atom stereocenters. The summed E-state index contributed by atoms with van der Waals surface area (Å²) in [6, 6.07) is 18.4. The highest BCUT2D eigenvalue weighted by atomic mass is 19.1. The Hall–Kier alpha value is -4.33. The summed E-state index contributed by atoms with van der Waals surface area (Å²) in [7, 11) is 3.25. The zero-order valence-corrected chi connectivity index (χ0v) is 21.5. The number of halogens is 1. The number of hydrogen-bond donors (Lipinski definition) is 2. The number of rotatable bonds is 12. The average molecular weight is 506 g/mol. The second-order valence-electron chi connectivity index (χ2n) is 8.97. The fourth-order valence-corrected chi connectivity index (χ4v) is 3.65. The maximum absolute atomic E-state index is 13.1. The van der Waals surface area contributed by atoms with Crippen molar-refractivity contribution < 1.29 is 23.5 Å². The van der Waals surface area contributed by atoms with Crippen LogP contribution >= 0.6 is 0 Å². The molecule has 7 nitrogen and oxygen atoms in total. The number of nitrogens with zero attached hydrogens (tertiary/aromatic N) is 1. The molecule has 3 aromatic carbocycles. The van der Waals surface area contributed by atoms with E-state index in [0.29, 0.717) is 41.7 Å². The second-order valence-corrected chi connectivity index (χ2v) is 8.97. The van der Waals surface area contributed by atoms with Crippen molar-refractivity contribution in [3.05, 3.63) is 102 Å². The summed E-state index contributed by atoms with van der Waals surface area (Å²) in [5.74, 6) is 1.54. The Morgan fingerprint density at radius 2 is 1.62 bits per heavy atom. The van der Waals surface area contributed by atoms with Crippen molar-refractivity contribution in [3.63, 3.8) is 0 Å². The van der Waals surface area contributed by atoms with Gasteiger partial charge in [-0.05, 0) is 73.5 Å². The lowest BCUT2D eigenvalue weighted by Crippen LogP contribution is -2.46. The van der Waals surface area contributed by atoms with E-state index in [-0.39, 0.29) is 11.7 Å². The van der Waals surface area contributed by atoms with Crippen LogP contribution in [-0.4, -0.2) is 36.8 Å². The number of nitrogens with one attached hydrogen (secondary N) is 2. The Balaban J connectivity index is 1.69. The maximum Gasteiger partial charge on any atom is 0.255 e. The molecule has 194 valence electrons. The fraction of sp³-hybridized carbons (Fsp3) is 0.241. The van der Waals surface area contributed by atoms with Gasteiger partial charge in [0.1, 0.15) is 29.4 Å². The third-order valence-electron chi connectivity index (χ3n) is 5.87. The first-order valence-corrected chi connectivity index (χ1v) is 11.7. The summed E-state index contributed by atoms with van der Waals surface area (Å²) in [6.45, 7) is 8.26. The van der Waals surface area contributed by atoms with Crippen molar-refractivity contribution in [2.45, 2.75) is 32.5 Å². The van der Waals surface area contributed by atoms with E-state index in [0.717, 1.165) is 17.4 Å². The molecular formula is C29H32FN3O4. The minimum Gasteiger partial charge on any atom is -0.496 e. The number of hydrogen-bond acceptors (Lipinski definition) is 6. The molecule has 3 aromatic rings. The van der Waals surface area contributed by atoms with Gasteiger partial charge in [0.25, 0.3) is 5.91 Å². The van der Waals surface area contributed by atoms with Crippen molar-refractivity contribution in [2.75, 3.05) is 14.2 Å². The first-order valence-electron chi connectivity index (χ1n) is 11.7. The summed E-state index contributed by atoms with van der Waals surface area (Å²) in [5, 5.41) is 5.91. The smallest absolute Gasteiger partial charge is 0.255 e. The van der Waals surface area contributed by atoms with Crippen molar-refractivity contribution in [1.29, 1.82) is 0 Å². The van der Waals surface area contributed by atoms with Crippen LogP contribution in [-0.2, 0) is 17.9 Å². The van der Waals surface area contributed by atoms with E-state index in [1.807, 2.05) is 23.1 Å². The van der Waals surface area contributed by atoms with Gasteiger partial charge in [-0.2, -0.15) is 0 Å². The topological polar surface area (TPSA) is 79.9 Å². The molecule has 0 aliphatic heterocycles. The molecule has 0 radical (unpaired) electrons. The highest BCUT2D eigenvalue weighted by Crippen LogP contribution is 2.25. The number of carbonyl (C=O) groups is 2. The lowest BCUT2D eigenvalue weighted by molar-refractivity contribution is -0.116. The molecule has 0 unspecified atom stereocenters. The van der Waals surface area contributed by atoms with Gasteiger partial charge < -0.3 is 29.8 Å². The van der Waals surface area contributed by atoms with Gasteiger partial charge in [0.2, 0.25) is 0 Å². The van der Waals surface area contributed by atoms with E-state index in [1.54, 1.807) is 57.3 Å². The van der Waals surface area contributed by atoms with Gasteiger partial charge in [-0.15, -0.1) is 0 Å². The number of amides is 1. The minimum absolute atomic E-state index is 0.293. The minimum atomic E-state index is -0.797. The molecule has 1 amide bonds. The van der Waals surface area contributed by atoms with E-state index in [9.17, 15) is 14.0 Å². The molecule has 37 heavy (non-hydrogen) atoms. The van der Waals surface area contributed by atoms with E-state index in [1.165, 1.54) is 19.2 Å². The van der Waals surface area contributed by atoms with E-state index in [2.05, 4.69) is 17.2 Å². The molecule has 0 spiro atoms. The Morgan fingerprint density at radius 1 is 1.03 bits per heavy atom. The first-order chi connectivity index (χ1) is 17.7. The highest BCUT2D eigenvalue weighted by molar-refractivity contribution is 5.97. The number of aldehydes is 1. The second kappa shape index (κ2) is 12.1. The third kappa shape index (κ3) is 7.10. The van der Waals surface area contributed by atoms with Crippen molar-refractivity contribution in [1.82, 2.24) is 15.5 Å². The zero-order valence-electron chi connectivity index (χ0n) is 21.5. The average Bonchev–Trinajstić information content (AvgIpc) is 2.91. The van der Waals surface area contributed by atoms with Gasteiger partial charge in [0, 0.05) is 20.1 Å². The molecule has 0 heterocycles. The Kier molecular flexibility index (Phi) is 8.90. The van der Waals surface area contributed by atoms with Crippen LogP contribution in [0.25, 0.3) is 0 Å². The monoisotopic (exact) mass is 505 g/mol.